The molecule has 1 aromatic heterocycles. The molecule has 0 spiro atoms. The maximum absolute atomic E-state index is 9.27. The molecule has 1 unspecified atom stereocenters. The molecule has 92 valence electrons. The fraction of sp³-hybridized carbons (Fsp3) is 0.231. The summed E-state index contributed by atoms with van der Waals surface area (Å²) in [5.74, 6) is 0. The standard InChI is InChI=1S/C13H13ClN4/c1-9-10(8-18(2)17-9)13(7-15)16-12-6-4-3-5-11(12)14/h3-6,8,13,16H,1-2H3. The average Bonchev–Trinajstić information content (AvgIpc) is 2.67. The molecule has 2 aromatic rings. The molecule has 0 aliphatic rings. The van der Waals surface area contributed by atoms with Gasteiger partial charge in [-0.15, -0.1) is 0 Å². The minimum atomic E-state index is -0.460. The summed E-state index contributed by atoms with van der Waals surface area (Å²) in [6.45, 7) is 1.88. The Morgan fingerprint density at radius 1 is 1.44 bits per heavy atom. The molecule has 0 radical (unpaired) electrons. The van der Waals surface area contributed by atoms with Crippen molar-refractivity contribution in [1.29, 1.82) is 5.26 Å². The number of rotatable bonds is 3. The highest BCUT2D eigenvalue weighted by molar-refractivity contribution is 6.33. The van der Waals surface area contributed by atoms with Gasteiger partial charge >= 0.3 is 0 Å². The van der Waals surface area contributed by atoms with Gasteiger partial charge in [0.05, 0.1) is 22.5 Å². The minimum Gasteiger partial charge on any atom is -0.365 e. The van der Waals surface area contributed by atoms with Crippen molar-refractivity contribution in [2.45, 2.75) is 13.0 Å². The number of nitriles is 1. The van der Waals surface area contributed by atoms with E-state index in [4.69, 9.17) is 11.6 Å². The van der Waals surface area contributed by atoms with Crippen LogP contribution in [-0.4, -0.2) is 9.78 Å². The molecule has 0 saturated carbocycles. The lowest BCUT2D eigenvalue weighted by molar-refractivity contribution is 0.756. The third-order valence-electron chi connectivity index (χ3n) is 2.67. The van der Waals surface area contributed by atoms with E-state index in [1.54, 1.807) is 10.7 Å². The van der Waals surface area contributed by atoms with Crippen molar-refractivity contribution >= 4 is 17.3 Å². The topological polar surface area (TPSA) is 53.6 Å². The van der Waals surface area contributed by atoms with E-state index in [0.717, 1.165) is 16.9 Å². The zero-order valence-electron chi connectivity index (χ0n) is 10.2. The molecule has 0 saturated heterocycles. The van der Waals surface area contributed by atoms with E-state index in [-0.39, 0.29) is 0 Å². The van der Waals surface area contributed by atoms with Crippen LogP contribution in [0.2, 0.25) is 5.02 Å². The van der Waals surface area contributed by atoms with Gasteiger partial charge in [0.15, 0.2) is 0 Å². The molecule has 0 bridgehead atoms. The summed E-state index contributed by atoms with van der Waals surface area (Å²) in [6, 6.07) is 9.12. The number of hydrogen-bond acceptors (Lipinski definition) is 3. The summed E-state index contributed by atoms with van der Waals surface area (Å²) in [5, 5.41) is 17.2. The Labute approximate surface area is 111 Å². The summed E-state index contributed by atoms with van der Waals surface area (Å²) in [6.07, 6.45) is 1.84. The van der Waals surface area contributed by atoms with Crippen LogP contribution >= 0.6 is 11.6 Å². The number of hydrogen-bond donors (Lipinski definition) is 1. The van der Waals surface area contributed by atoms with Gasteiger partial charge in [-0.1, -0.05) is 23.7 Å². The lowest BCUT2D eigenvalue weighted by atomic mass is 10.1. The SMILES string of the molecule is Cc1nn(C)cc1C(C#N)Nc1ccccc1Cl. The van der Waals surface area contributed by atoms with Crippen molar-refractivity contribution in [1.82, 2.24) is 9.78 Å². The number of nitrogens with one attached hydrogen (secondary N) is 1. The quantitative estimate of drug-likeness (QED) is 0.923. The number of para-hydroxylation sites is 1. The molecule has 0 aliphatic carbocycles. The van der Waals surface area contributed by atoms with Crippen LogP contribution in [0.3, 0.4) is 0 Å². The Morgan fingerprint density at radius 3 is 2.72 bits per heavy atom. The molecule has 18 heavy (non-hydrogen) atoms. The van der Waals surface area contributed by atoms with E-state index in [1.807, 2.05) is 38.4 Å². The van der Waals surface area contributed by atoms with Crippen molar-refractivity contribution < 1.29 is 0 Å². The van der Waals surface area contributed by atoms with E-state index >= 15 is 0 Å². The second-order valence-corrected chi connectivity index (χ2v) is 4.44. The van der Waals surface area contributed by atoms with Crippen LogP contribution in [0.4, 0.5) is 5.69 Å². The molecular formula is C13H13ClN4. The largest absolute Gasteiger partial charge is 0.365 e. The molecule has 1 aromatic carbocycles. The number of aryl methyl sites for hydroxylation is 2. The van der Waals surface area contributed by atoms with Crippen molar-refractivity contribution in [3.63, 3.8) is 0 Å². The number of benzene rings is 1. The lowest BCUT2D eigenvalue weighted by Crippen LogP contribution is -2.09. The number of aromatic nitrogens is 2. The summed E-state index contributed by atoms with van der Waals surface area (Å²) >= 11 is 6.07. The van der Waals surface area contributed by atoms with Crippen LogP contribution in [0.25, 0.3) is 0 Å². The first-order chi connectivity index (χ1) is 8.61. The zero-order valence-corrected chi connectivity index (χ0v) is 10.9. The van der Waals surface area contributed by atoms with Gasteiger partial charge in [-0.2, -0.15) is 10.4 Å². The number of halogens is 1. The molecule has 0 aliphatic heterocycles. The van der Waals surface area contributed by atoms with Gasteiger partial charge in [0.1, 0.15) is 6.04 Å². The van der Waals surface area contributed by atoms with Crippen LogP contribution in [0.5, 0.6) is 0 Å². The van der Waals surface area contributed by atoms with E-state index in [9.17, 15) is 5.26 Å². The van der Waals surface area contributed by atoms with Gasteiger partial charge in [-0.05, 0) is 19.1 Å². The molecule has 4 nitrogen and oxygen atoms in total. The smallest absolute Gasteiger partial charge is 0.143 e. The van der Waals surface area contributed by atoms with Crippen molar-refractivity contribution in [2.75, 3.05) is 5.32 Å². The molecule has 5 heteroatoms. The Hall–Kier alpha value is -1.99. The predicted molar refractivity (Wildman–Crippen MR) is 71.4 cm³/mol. The molecular weight excluding hydrogens is 248 g/mol. The first kappa shape index (κ1) is 12.5. The molecule has 1 N–H and O–H groups in total. The average molecular weight is 261 g/mol. The summed E-state index contributed by atoms with van der Waals surface area (Å²) < 4.78 is 1.70. The minimum absolute atomic E-state index is 0.460. The van der Waals surface area contributed by atoms with E-state index < -0.39 is 6.04 Å². The van der Waals surface area contributed by atoms with Crippen LogP contribution < -0.4 is 5.32 Å². The van der Waals surface area contributed by atoms with Crippen LogP contribution in [0.15, 0.2) is 30.5 Å². The van der Waals surface area contributed by atoms with Crippen molar-refractivity contribution in [3.8, 4) is 6.07 Å². The molecule has 0 amide bonds. The van der Waals surface area contributed by atoms with Gasteiger partial charge in [0.2, 0.25) is 0 Å². The van der Waals surface area contributed by atoms with E-state index in [2.05, 4.69) is 16.5 Å². The van der Waals surface area contributed by atoms with Gasteiger partial charge in [-0.25, -0.2) is 0 Å². The van der Waals surface area contributed by atoms with E-state index in [1.165, 1.54) is 0 Å². The highest BCUT2D eigenvalue weighted by Crippen LogP contribution is 2.26. The van der Waals surface area contributed by atoms with Gasteiger partial charge < -0.3 is 5.32 Å². The number of anilines is 1. The van der Waals surface area contributed by atoms with Crippen molar-refractivity contribution in [2.24, 2.45) is 7.05 Å². The second-order valence-electron chi connectivity index (χ2n) is 4.03. The second kappa shape index (κ2) is 5.11. The molecule has 0 fully saturated rings. The summed E-state index contributed by atoms with van der Waals surface area (Å²) in [4.78, 5) is 0. The molecule has 1 atom stereocenters. The highest BCUT2D eigenvalue weighted by Gasteiger charge is 2.16. The first-order valence-corrected chi connectivity index (χ1v) is 5.90. The fourth-order valence-corrected chi connectivity index (χ4v) is 2.00. The fourth-order valence-electron chi connectivity index (χ4n) is 1.81. The first-order valence-electron chi connectivity index (χ1n) is 5.52. The maximum atomic E-state index is 9.27. The van der Waals surface area contributed by atoms with Gasteiger partial charge in [0, 0.05) is 18.8 Å². The Kier molecular flexibility index (Phi) is 3.54. The van der Waals surface area contributed by atoms with E-state index in [0.29, 0.717) is 5.02 Å². The molecule has 2 rings (SSSR count). The lowest BCUT2D eigenvalue weighted by Gasteiger charge is -2.13. The third kappa shape index (κ3) is 2.47. The zero-order chi connectivity index (χ0) is 13.1. The van der Waals surface area contributed by atoms with Gasteiger partial charge in [-0.3, -0.25) is 4.68 Å². The molecule has 1 heterocycles. The number of nitrogens with zero attached hydrogens (tertiary/aromatic N) is 3. The van der Waals surface area contributed by atoms with Crippen LogP contribution in [0.1, 0.15) is 17.3 Å². The Bertz CT molecular complexity index is 597. The monoisotopic (exact) mass is 260 g/mol. The van der Waals surface area contributed by atoms with Crippen LogP contribution in [-0.2, 0) is 7.05 Å². The van der Waals surface area contributed by atoms with Gasteiger partial charge in [0.25, 0.3) is 0 Å². The normalized spacial score (nSPS) is 11.9. The Balaban J connectivity index is 2.29. The summed E-state index contributed by atoms with van der Waals surface area (Å²) in [7, 11) is 1.83. The highest BCUT2D eigenvalue weighted by atomic mass is 35.5. The van der Waals surface area contributed by atoms with Crippen LogP contribution in [0, 0.1) is 18.3 Å². The predicted octanol–water partition coefficient (Wildman–Crippen LogP) is 3.06. The van der Waals surface area contributed by atoms with Crippen molar-refractivity contribution in [3.05, 3.63) is 46.7 Å². The summed E-state index contributed by atoms with van der Waals surface area (Å²) in [5.41, 5.74) is 2.44. The Morgan fingerprint density at radius 2 is 2.17 bits per heavy atom. The third-order valence-corrected chi connectivity index (χ3v) is 2.99. The maximum Gasteiger partial charge on any atom is 0.143 e.